The Morgan fingerprint density at radius 2 is 2.19 bits per heavy atom. The van der Waals surface area contributed by atoms with E-state index in [-0.39, 0.29) is 11.6 Å². The van der Waals surface area contributed by atoms with Crippen molar-refractivity contribution in [3.05, 3.63) is 17.9 Å². The molecule has 0 spiro atoms. The zero-order valence-electron chi connectivity index (χ0n) is 12.5. The summed E-state index contributed by atoms with van der Waals surface area (Å²) in [6.07, 6.45) is 7.43. The van der Waals surface area contributed by atoms with Crippen LogP contribution >= 0.6 is 0 Å². The largest absolute Gasteiger partial charge is 0.447 e. The minimum Gasteiger partial charge on any atom is -0.447 e. The predicted octanol–water partition coefficient (Wildman–Crippen LogP) is 1.81. The van der Waals surface area contributed by atoms with Crippen LogP contribution in [0.1, 0.15) is 32.4 Å². The summed E-state index contributed by atoms with van der Waals surface area (Å²) in [7, 11) is -3.64. The summed E-state index contributed by atoms with van der Waals surface area (Å²) in [6, 6.07) is 3.50. The molecule has 5 nitrogen and oxygen atoms in total. The molecule has 0 amide bonds. The normalized spacial score (nSPS) is 15.6. The first-order valence-corrected chi connectivity index (χ1v) is 8.63. The molecular formula is C15H22N2O3S. The van der Waals surface area contributed by atoms with E-state index in [1.165, 1.54) is 10.4 Å². The molecule has 1 aromatic heterocycles. The van der Waals surface area contributed by atoms with Crippen molar-refractivity contribution in [2.75, 3.05) is 13.1 Å². The SMILES string of the molecule is C#CCN(CC1CC1)S(=O)(=O)c1ccc(CNC(C)C)o1. The minimum absolute atomic E-state index is 0.0287. The van der Waals surface area contributed by atoms with Gasteiger partial charge in [-0.15, -0.1) is 6.42 Å². The topological polar surface area (TPSA) is 62.6 Å². The number of hydrogen-bond donors (Lipinski definition) is 1. The number of nitrogens with zero attached hydrogens (tertiary/aromatic N) is 1. The first-order valence-electron chi connectivity index (χ1n) is 7.19. The number of nitrogens with one attached hydrogen (secondary N) is 1. The molecule has 1 N–H and O–H groups in total. The van der Waals surface area contributed by atoms with Crippen LogP contribution in [0.2, 0.25) is 0 Å². The Morgan fingerprint density at radius 1 is 1.48 bits per heavy atom. The highest BCUT2D eigenvalue weighted by Gasteiger charge is 2.33. The van der Waals surface area contributed by atoms with Gasteiger partial charge < -0.3 is 9.73 Å². The highest BCUT2D eigenvalue weighted by atomic mass is 32.2. The molecule has 0 atom stereocenters. The maximum absolute atomic E-state index is 12.6. The number of furan rings is 1. The van der Waals surface area contributed by atoms with Gasteiger partial charge in [-0.05, 0) is 30.9 Å². The molecule has 1 aliphatic carbocycles. The van der Waals surface area contributed by atoms with Crippen LogP contribution in [0, 0.1) is 18.3 Å². The van der Waals surface area contributed by atoms with Crippen LogP contribution in [0.4, 0.5) is 0 Å². The summed E-state index contributed by atoms with van der Waals surface area (Å²) in [6.45, 7) is 5.10. The highest BCUT2D eigenvalue weighted by Crippen LogP contribution is 2.31. The lowest BCUT2D eigenvalue weighted by Crippen LogP contribution is -2.33. The molecule has 0 saturated heterocycles. The van der Waals surface area contributed by atoms with Gasteiger partial charge in [0, 0.05) is 12.6 Å². The predicted molar refractivity (Wildman–Crippen MR) is 81.0 cm³/mol. The van der Waals surface area contributed by atoms with Crippen molar-refractivity contribution in [2.24, 2.45) is 5.92 Å². The Hall–Kier alpha value is -1.29. The second-order valence-corrected chi connectivity index (χ2v) is 7.57. The number of sulfonamides is 1. The van der Waals surface area contributed by atoms with E-state index in [0.717, 1.165) is 12.8 Å². The molecule has 1 aliphatic rings. The van der Waals surface area contributed by atoms with Crippen molar-refractivity contribution in [2.45, 2.75) is 44.4 Å². The number of rotatable bonds is 8. The second kappa shape index (κ2) is 6.65. The van der Waals surface area contributed by atoms with Crippen LogP contribution in [0.5, 0.6) is 0 Å². The Morgan fingerprint density at radius 3 is 2.76 bits per heavy atom. The molecular weight excluding hydrogens is 288 g/mol. The smallest absolute Gasteiger partial charge is 0.277 e. The maximum atomic E-state index is 12.6. The summed E-state index contributed by atoms with van der Waals surface area (Å²) in [4.78, 5) is 0. The van der Waals surface area contributed by atoms with Gasteiger partial charge in [0.05, 0.1) is 13.1 Å². The van der Waals surface area contributed by atoms with Gasteiger partial charge in [0.2, 0.25) is 5.09 Å². The van der Waals surface area contributed by atoms with E-state index < -0.39 is 10.0 Å². The molecule has 0 bridgehead atoms. The molecule has 0 radical (unpaired) electrons. The van der Waals surface area contributed by atoms with Gasteiger partial charge >= 0.3 is 0 Å². The van der Waals surface area contributed by atoms with Gasteiger partial charge in [-0.2, -0.15) is 4.31 Å². The zero-order chi connectivity index (χ0) is 15.5. The number of hydrogen-bond acceptors (Lipinski definition) is 4. The molecule has 2 rings (SSSR count). The van der Waals surface area contributed by atoms with E-state index >= 15 is 0 Å². The average Bonchev–Trinajstić information content (AvgIpc) is 3.10. The van der Waals surface area contributed by atoms with Gasteiger partial charge in [-0.3, -0.25) is 0 Å². The summed E-state index contributed by atoms with van der Waals surface area (Å²) in [5.41, 5.74) is 0. The van der Waals surface area contributed by atoms with Crippen LogP contribution in [0.3, 0.4) is 0 Å². The first kappa shape index (κ1) is 16.1. The fourth-order valence-corrected chi connectivity index (χ4v) is 3.32. The third kappa shape index (κ3) is 4.34. The van der Waals surface area contributed by atoms with Crippen LogP contribution < -0.4 is 5.32 Å². The van der Waals surface area contributed by atoms with Crippen molar-refractivity contribution in [1.82, 2.24) is 9.62 Å². The van der Waals surface area contributed by atoms with Crippen molar-refractivity contribution in [3.63, 3.8) is 0 Å². The molecule has 1 aromatic rings. The van der Waals surface area contributed by atoms with E-state index in [4.69, 9.17) is 10.8 Å². The van der Waals surface area contributed by atoms with Gasteiger partial charge in [-0.1, -0.05) is 19.8 Å². The lowest BCUT2D eigenvalue weighted by atomic mass is 10.3. The number of terminal acetylenes is 1. The molecule has 1 saturated carbocycles. The lowest BCUT2D eigenvalue weighted by Gasteiger charge is -2.17. The first-order chi connectivity index (χ1) is 9.93. The lowest BCUT2D eigenvalue weighted by molar-refractivity contribution is 0.366. The quantitative estimate of drug-likeness (QED) is 0.744. The summed E-state index contributed by atoms with van der Waals surface area (Å²) in [5.74, 6) is 3.46. The van der Waals surface area contributed by atoms with Crippen molar-refractivity contribution in [1.29, 1.82) is 0 Å². The standard InChI is InChI=1S/C15H22N2O3S/c1-4-9-17(11-13-5-6-13)21(18,19)15-8-7-14(20-15)10-16-12(2)3/h1,7-8,12-13,16H,5-6,9-11H2,2-3H3. The summed E-state index contributed by atoms with van der Waals surface area (Å²) >= 11 is 0. The van der Waals surface area contributed by atoms with Gasteiger partial charge in [0.1, 0.15) is 5.76 Å². The molecule has 21 heavy (non-hydrogen) atoms. The van der Waals surface area contributed by atoms with Crippen LogP contribution in [0.25, 0.3) is 0 Å². The van der Waals surface area contributed by atoms with Crippen molar-refractivity contribution >= 4 is 10.0 Å². The molecule has 6 heteroatoms. The molecule has 0 aromatic carbocycles. The maximum Gasteiger partial charge on any atom is 0.277 e. The van der Waals surface area contributed by atoms with Gasteiger partial charge in [0.15, 0.2) is 0 Å². The van der Waals surface area contributed by atoms with Gasteiger partial charge in [0.25, 0.3) is 10.0 Å². The average molecular weight is 310 g/mol. The molecule has 1 heterocycles. The monoisotopic (exact) mass is 310 g/mol. The zero-order valence-corrected chi connectivity index (χ0v) is 13.3. The van der Waals surface area contributed by atoms with Crippen molar-refractivity contribution in [3.8, 4) is 12.3 Å². The second-order valence-electron chi connectivity index (χ2n) is 5.70. The molecule has 1 fully saturated rings. The molecule has 0 unspecified atom stereocenters. The van der Waals surface area contributed by atoms with E-state index in [2.05, 4.69) is 11.2 Å². The van der Waals surface area contributed by atoms with E-state index in [1.54, 1.807) is 6.07 Å². The molecule has 116 valence electrons. The Balaban J connectivity index is 2.11. The Kier molecular flexibility index (Phi) is 5.09. The Labute approximate surface area is 126 Å². The van der Waals surface area contributed by atoms with Crippen LogP contribution in [-0.2, 0) is 16.6 Å². The molecule has 0 aliphatic heterocycles. The van der Waals surface area contributed by atoms with E-state index in [1.807, 2.05) is 13.8 Å². The van der Waals surface area contributed by atoms with E-state index in [0.29, 0.717) is 30.8 Å². The minimum atomic E-state index is -3.64. The third-order valence-corrected chi connectivity index (χ3v) is 5.03. The third-order valence-electron chi connectivity index (χ3n) is 3.34. The fourth-order valence-electron chi connectivity index (χ4n) is 1.96. The highest BCUT2D eigenvalue weighted by molar-refractivity contribution is 7.89. The van der Waals surface area contributed by atoms with E-state index in [9.17, 15) is 8.42 Å². The Bertz CT molecular complexity index is 609. The van der Waals surface area contributed by atoms with Gasteiger partial charge in [-0.25, -0.2) is 8.42 Å². The summed E-state index contributed by atoms with van der Waals surface area (Å²) in [5, 5.41) is 3.16. The fraction of sp³-hybridized carbons (Fsp3) is 0.600. The van der Waals surface area contributed by atoms with Crippen LogP contribution in [0.15, 0.2) is 21.6 Å². The summed E-state index contributed by atoms with van der Waals surface area (Å²) < 4.78 is 31.9. The van der Waals surface area contributed by atoms with Crippen molar-refractivity contribution < 1.29 is 12.8 Å². The van der Waals surface area contributed by atoms with Crippen LogP contribution in [-0.4, -0.2) is 31.9 Å².